The lowest BCUT2D eigenvalue weighted by Gasteiger charge is -2.24. The molecule has 100 valence electrons. The first-order valence-electron chi connectivity index (χ1n) is 6.20. The normalized spacial score (nSPS) is 16.8. The van der Waals surface area contributed by atoms with Crippen LogP contribution >= 0.6 is 39.0 Å². The van der Waals surface area contributed by atoms with Crippen LogP contribution in [0.5, 0.6) is 0 Å². The van der Waals surface area contributed by atoms with Gasteiger partial charge in [-0.05, 0) is 63.2 Å². The van der Waals surface area contributed by atoms with E-state index in [4.69, 9.17) is 0 Å². The highest BCUT2D eigenvalue weighted by atomic mass is 79.9. The zero-order valence-corrected chi connectivity index (χ0v) is 13.7. The van der Waals surface area contributed by atoms with Crippen molar-refractivity contribution in [3.05, 3.63) is 20.8 Å². The maximum Gasteiger partial charge on any atom is 0.222 e. The van der Waals surface area contributed by atoms with E-state index in [0.29, 0.717) is 5.92 Å². The van der Waals surface area contributed by atoms with Crippen molar-refractivity contribution < 1.29 is 4.79 Å². The summed E-state index contributed by atoms with van der Waals surface area (Å²) in [6.07, 6.45) is 3.13. The highest BCUT2D eigenvalue weighted by Crippen LogP contribution is 2.26. The Kier molecular flexibility index (Phi) is 5.57. The Labute approximate surface area is 125 Å². The molecule has 0 atom stereocenters. The van der Waals surface area contributed by atoms with Crippen LogP contribution in [0.3, 0.4) is 0 Å². The number of amides is 1. The summed E-state index contributed by atoms with van der Waals surface area (Å²) < 4.78 is 1.13. The third-order valence-electron chi connectivity index (χ3n) is 3.27. The second-order valence-corrected chi connectivity index (χ2v) is 8.28. The van der Waals surface area contributed by atoms with E-state index in [1.165, 1.54) is 29.9 Å². The molecule has 18 heavy (non-hydrogen) atoms. The van der Waals surface area contributed by atoms with Crippen molar-refractivity contribution in [3.8, 4) is 0 Å². The molecule has 0 aromatic carbocycles. The van der Waals surface area contributed by atoms with Gasteiger partial charge >= 0.3 is 0 Å². The van der Waals surface area contributed by atoms with Gasteiger partial charge in [-0.2, -0.15) is 11.8 Å². The molecule has 1 aromatic heterocycles. The van der Waals surface area contributed by atoms with Gasteiger partial charge in [-0.1, -0.05) is 0 Å². The lowest BCUT2D eigenvalue weighted by atomic mass is 9.98. The highest BCUT2D eigenvalue weighted by molar-refractivity contribution is 9.11. The van der Waals surface area contributed by atoms with Gasteiger partial charge in [0.15, 0.2) is 0 Å². The summed E-state index contributed by atoms with van der Waals surface area (Å²) in [5.41, 5.74) is 1.21. The first-order valence-corrected chi connectivity index (χ1v) is 9.02. The maximum absolute atomic E-state index is 12.1. The maximum atomic E-state index is 12.1. The molecule has 5 heteroatoms. The quantitative estimate of drug-likeness (QED) is 0.820. The number of carbonyl (C=O) groups excluding carboxylic acids is 1. The zero-order chi connectivity index (χ0) is 13.0. The lowest BCUT2D eigenvalue weighted by molar-refractivity contribution is -0.131. The Balaban J connectivity index is 1.80. The number of carbonyl (C=O) groups is 1. The average molecular weight is 348 g/mol. The van der Waals surface area contributed by atoms with Crippen molar-refractivity contribution in [2.75, 3.05) is 18.6 Å². The minimum Gasteiger partial charge on any atom is -0.341 e. The van der Waals surface area contributed by atoms with E-state index < -0.39 is 0 Å². The van der Waals surface area contributed by atoms with E-state index in [2.05, 4.69) is 27.4 Å². The summed E-state index contributed by atoms with van der Waals surface area (Å²) in [6.45, 7) is 0.725. The van der Waals surface area contributed by atoms with Gasteiger partial charge in [-0.25, -0.2) is 0 Å². The van der Waals surface area contributed by atoms with E-state index in [-0.39, 0.29) is 5.91 Å². The average Bonchev–Trinajstić information content (AvgIpc) is 2.76. The first-order chi connectivity index (χ1) is 8.65. The van der Waals surface area contributed by atoms with Gasteiger partial charge in [0.25, 0.3) is 0 Å². The molecule has 1 amide bonds. The van der Waals surface area contributed by atoms with Crippen LogP contribution in [0.4, 0.5) is 0 Å². The Bertz CT molecular complexity index is 401. The zero-order valence-electron chi connectivity index (χ0n) is 10.5. The Morgan fingerprint density at radius 2 is 2.22 bits per heavy atom. The van der Waals surface area contributed by atoms with Crippen LogP contribution in [0.2, 0.25) is 0 Å². The second-order valence-electron chi connectivity index (χ2n) is 4.77. The van der Waals surface area contributed by atoms with E-state index in [9.17, 15) is 4.79 Å². The highest BCUT2D eigenvalue weighted by Gasteiger charge is 2.19. The van der Waals surface area contributed by atoms with Crippen LogP contribution in [0.1, 0.15) is 24.8 Å². The number of rotatable bonds is 4. The van der Waals surface area contributed by atoms with Crippen LogP contribution in [-0.4, -0.2) is 29.4 Å². The van der Waals surface area contributed by atoms with Crippen LogP contribution in [0, 0.1) is 5.92 Å². The predicted octanol–water partition coefficient (Wildman–Crippen LogP) is 4.00. The number of hydrogen-bond donors (Lipinski definition) is 0. The van der Waals surface area contributed by atoms with E-state index in [1.54, 1.807) is 11.3 Å². The standard InChI is InChI=1S/C13H18BrNOS2/c1-15(8-11-6-12(14)18-9-11)13(16)7-10-2-4-17-5-3-10/h6,9-10H,2-5,7-8H2,1H3. The number of thioether (sulfide) groups is 1. The Hall–Kier alpha value is -0.0000000000000000555. The molecule has 2 nitrogen and oxygen atoms in total. The van der Waals surface area contributed by atoms with Crippen LogP contribution < -0.4 is 0 Å². The fourth-order valence-electron chi connectivity index (χ4n) is 2.14. The summed E-state index contributed by atoms with van der Waals surface area (Å²) in [7, 11) is 1.91. The van der Waals surface area contributed by atoms with E-state index in [1.807, 2.05) is 23.7 Å². The molecule has 2 rings (SSSR count). The van der Waals surface area contributed by atoms with Crippen LogP contribution in [0.25, 0.3) is 0 Å². The molecule has 2 heterocycles. The fourth-order valence-corrected chi connectivity index (χ4v) is 4.55. The number of thiophene rings is 1. The summed E-state index contributed by atoms with van der Waals surface area (Å²) in [6, 6.07) is 2.09. The largest absolute Gasteiger partial charge is 0.341 e. The molecule has 1 fully saturated rings. The topological polar surface area (TPSA) is 20.3 Å². The van der Waals surface area contributed by atoms with Gasteiger partial charge < -0.3 is 4.90 Å². The summed E-state index contributed by atoms with van der Waals surface area (Å²) in [4.78, 5) is 14.0. The number of hydrogen-bond acceptors (Lipinski definition) is 3. The van der Waals surface area contributed by atoms with E-state index in [0.717, 1.165) is 16.8 Å². The Morgan fingerprint density at radius 3 is 2.83 bits per heavy atom. The molecule has 0 N–H and O–H groups in total. The van der Waals surface area contributed by atoms with Crippen LogP contribution in [0.15, 0.2) is 15.2 Å². The summed E-state index contributed by atoms with van der Waals surface area (Å²) in [5.74, 6) is 3.34. The molecule has 1 aliphatic heterocycles. The molecule has 0 bridgehead atoms. The minimum absolute atomic E-state index is 0.286. The molecule has 0 spiro atoms. The second kappa shape index (κ2) is 6.96. The van der Waals surface area contributed by atoms with Crippen molar-refractivity contribution in [1.29, 1.82) is 0 Å². The Morgan fingerprint density at radius 1 is 1.50 bits per heavy atom. The third-order valence-corrected chi connectivity index (χ3v) is 5.87. The first kappa shape index (κ1) is 14.4. The molecule has 1 saturated heterocycles. The summed E-state index contributed by atoms with van der Waals surface area (Å²) in [5, 5.41) is 2.10. The van der Waals surface area contributed by atoms with Crippen molar-refractivity contribution >= 4 is 44.9 Å². The molecular weight excluding hydrogens is 330 g/mol. The van der Waals surface area contributed by atoms with Gasteiger partial charge in [0.2, 0.25) is 5.91 Å². The van der Waals surface area contributed by atoms with Crippen LogP contribution in [-0.2, 0) is 11.3 Å². The van der Waals surface area contributed by atoms with Gasteiger partial charge in [0, 0.05) is 20.0 Å². The van der Waals surface area contributed by atoms with Crippen molar-refractivity contribution in [2.45, 2.75) is 25.8 Å². The van der Waals surface area contributed by atoms with Crippen molar-refractivity contribution in [3.63, 3.8) is 0 Å². The van der Waals surface area contributed by atoms with Gasteiger partial charge in [-0.15, -0.1) is 11.3 Å². The lowest BCUT2D eigenvalue weighted by Crippen LogP contribution is -2.28. The van der Waals surface area contributed by atoms with Gasteiger partial charge in [0.05, 0.1) is 3.79 Å². The molecular formula is C13H18BrNOS2. The molecule has 0 unspecified atom stereocenters. The molecule has 1 aliphatic rings. The molecule has 0 saturated carbocycles. The molecule has 0 radical (unpaired) electrons. The molecule has 1 aromatic rings. The van der Waals surface area contributed by atoms with Gasteiger partial charge in [-0.3, -0.25) is 4.79 Å². The van der Waals surface area contributed by atoms with Crippen molar-refractivity contribution in [2.24, 2.45) is 5.92 Å². The smallest absolute Gasteiger partial charge is 0.222 e. The van der Waals surface area contributed by atoms with Crippen molar-refractivity contribution in [1.82, 2.24) is 4.90 Å². The number of nitrogens with zero attached hydrogens (tertiary/aromatic N) is 1. The SMILES string of the molecule is CN(Cc1csc(Br)c1)C(=O)CC1CCSCC1. The minimum atomic E-state index is 0.286. The fraction of sp³-hybridized carbons (Fsp3) is 0.615. The molecule has 0 aliphatic carbocycles. The number of halogens is 1. The van der Waals surface area contributed by atoms with Gasteiger partial charge in [0.1, 0.15) is 0 Å². The third kappa shape index (κ3) is 4.28. The van der Waals surface area contributed by atoms with E-state index >= 15 is 0 Å². The predicted molar refractivity (Wildman–Crippen MR) is 83.2 cm³/mol. The summed E-state index contributed by atoms with van der Waals surface area (Å²) >= 11 is 7.13. The monoisotopic (exact) mass is 347 g/mol.